The fourth-order valence-electron chi connectivity index (χ4n) is 3.15. The Hall–Kier alpha value is -2.18. The SMILES string of the molecule is C[C@H](NC1CC(C#N)(c2ccccc2)C1)c1ccncc1. The average Bonchev–Trinajstić information content (AvgIpc) is 2.52. The van der Waals surface area contributed by atoms with Gasteiger partial charge < -0.3 is 5.32 Å². The molecule has 3 nitrogen and oxygen atoms in total. The van der Waals surface area contributed by atoms with E-state index in [0.29, 0.717) is 6.04 Å². The van der Waals surface area contributed by atoms with E-state index in [9.17, 15) is 5.26 Å². The van der Waals surface area contributed by atoms with Crippen LogP contribution in [0.25, 0.3) is 0 Å². The average molecular weight is 277 g/mol. The third-order valence-electron chi connectivity index (χ3n) is 4.42. The summed E-state index contributed by atoms with van der Waals surface area (Å²) in [6, 6.07) is 17.4. The predicted octanol–water partition coefficient (Wildman–Crippen LogP) is 3.36. The van der Waals surface area contributed by atoms with Gasteiger partial charge in [0, 0.05) is 24.5 Å². The predicted molar refractivity (Wildman–Crippen MR) is 82.5 cm³/mol. The highest BCUT2D eigenvalue weighted by Gasteiger charge is 2.46. The molecule has 0 amide bonds. The molecule has 106 valence electrons. The number of rotatable bonds is 4. The quantitative estimate of drug-likeness (QED) is 0.932. The topological polar surface area (TPSA) is 48.7 Å². The molecule has 0 saturated heterocycles. The lowest BCUT2D eigenvalue weighted by atomic mass is 9.62. The highest BCUT2D eigenvalue weighted by Crippen LogP contribution is 2.44. The molecule has 0 bridgehead atoms. The molecule has 0 unspecified atom stereocenters. The smallest absolute Gasteiger partial charge is 0.0852 e. The Morgan fingerprint density at radius 1 is 1.19 bits per heavy atom. The number of hydrogen-bond acceptors (Lipinski definition) is 3. The zero-order valence-electron chi connectivity index (χ0n) is 12.2. The van der Waals surface area contributed by atoms with Gasteiger partial charge in [-0.1, -0.05) is 30.3 Å². The molecule has 1 aliphatic rings. The van der Waals surface area contributed by atoms with Crippen LogP contribution in [0.5, 0.6) is 0 Å². The van der Waals surface area contributed by atoms with Crippen LogP contribution in [0.4, 0.5) is 0 Å². The third kappa shape index (κ3) is 2.68. The molecule has 0 radical (unpaired) electrons. The molecule has 1 atom stereocenters. The van der Waals surface area contributed by atoms with E-state index in [1.54, 1.807) is 0 Å². The van der Waals surface area contributed by atoms with E-state index in [4.69, 9.17) is 0 Å². The summed E-state index contributed by atoms with van der Waals surface area (Å²) in [6.07, 6.45) is 5.39. The maximum Gasteiger partial charge on any atom is 0.0852 e. The summed E-state index contributed by atoms with van der Waals surface area (Å²) in [5.74, 6) is 0. The Balaban J connectivity index is 1.64. The van der Waals surface area contributed by atoms with Crippen LogP contribution in [0.2, 0.25) is 0 Å². The van der Waals surface area contributed by atoms with Gasteiger partial charge in [-0.25, -0.2) is 0 Å². The van der Waals surface area contributed by atoms with Gasteiger partial charge in [0.1, 0.15) is 0 Å². The highest BCUT2D eigenvalue weighted by atomic mass is 15.0. The molecular formula is C18H19N3. The van der Waals surface area contributed by atoms with Gasteiger partial charge in [-0.3, -0.25) is 4.98 Å². The minimum Gasteiger partial charge on any atom is -0.307 e. The van der Waals surface area contributed by atoms with Crippen LogP contribution in [0.1, 0.15) is 36.9 Å². The fourth-order valence-corrected chi connectivity index (χ4v) is 3.15. The van der Waals surface area contributed by atoms with E-state index < -0.39 is 0 Å². The fraction of sp³-hybridized carbons (Fsp3) is 0.333. The summed E-state index contributed by atoms with van der Waals surface area (Å²) in [5.41, 5.74) is 2.07. The number of aromatic nitrogens is 1. The zero-order chi connectivity index (χ0) is 14.7. The number of pyridine rings is 1. The molecule has 0 spiro atoms. The standard InChI is InChI=1S/C18H19N3/c1-14(15-7-9-20-10-8-15)21-17-11-18(12-17,13-19)16-5-3-2-4-6-16/h2-10,14,17,21H,11-12H2,1H3/t14-,17?,18?/m0/s1. The van der Waals surface area contributed by atoms with Gasteiger partial charge in [0.15, 0.2) is 0 Å². The number of nitriles is 1. The van der Waals surface area contributed by atoms with Crippen molar-refractivity contribution in [2.24, 2.45) is 0 Å². The second-order valence-corrected chi connectivity index (χ2v) is 5.83. The molecule has 1 heterocycles. The first kappa shape index (κ1) is 13.8. The second-order valence-electron chi connectivity index (χ2n) is 5.83. The van der Waals surface area contributed by atoms with Crippen molar-refractivity contribution in [3.05, 3.63) is 66.0 Å². The Morgan fingerprint density at radius 3 is 2.48 bits per heavy atom. The van der Waals surface area contributed by atoms with Gasteiger partial charge in [0.2, 0.25) is 0 Å². The van der Waals surface area contributed by atoms with E-state index in [1.165, 1.54) is 5.56 Å². The first-order valence-corrected chi connectivity index (χ1v) is 7.36. The van der Waals surface area contributed by atoms with Crippen LogP contribution in [0.3, 0.4) is 0 Å². The summed E-state index contributed by atoms with van der Waals surface area (Å²) >= 11 is 0. The van der Waals surface area contributed by atoms with Crippen LogP contribution >= 0.6 is 0 Å². The summed E-state index contributed by atoms with van der Waals surface area (Å²) in [5, 5.41) is 13.2. The normalized spacial score (nSPS) is 25.6. The van der Waals surface area contributed by atoms with Crippen molar-refractivity contribution in [1.82, 2.24) is 10.3 Å². The van der Waals surface area contributed by atoms with Crippen molar-refractivity contribution < 1.29 is 0 Å². The van der Waals surface area contributed by atoms with Crippen molar-refractivity contribution in [2.45, 2.75) is 37.3 Å². The monoisotopic (exact) mass is 277 g/mol. The van der Waals surface area contributed by atoms with Gasteiger partial charge in [-0.05, 0) is 43.0 Å². The van der Waals surface area contributed by atoms with E-state index in [1.807, 2.05) is 42.7 Å². The number of hydrogen-bond donors (Lipinski definition) is 1. The summed E-state index contributed by atoms with van der Waals surface area (Å²) in [7, 11) is 0. The molecule has 21 heavy (non-hydrogen) atoms. The van der Waals surface area contributed by atoms with Gasteiger partial charge >= 0.3 is 0 Å². The van der Waals surface area contributed by atoms with Crippen LogP contribution in [-0.2, 0) is 5.41 Å². The number of benzene rings is 1. The Morgan fingerprint density at radius 2 is 1.86 bits per heavy atom. The lowest BCUT2D eigenvalue weighted by molar-refractivity contribution is 0.213. The van der Waals surface area contributed by atoms with Crippen LogP contribution in [0.15, 0.2) is 54.9 Å². The Kier molecular flexibility index (Phi) is 3.72. The molecule has 2 aromatic rings. The van der Waals surface area contributed by atoms with E-state index in [2.05, 4.69) is 35.4 Å². The minimum absolute atomic E-state index is 0.283. The van der Waals surface area contributed by atoms with Gasteiger partial charge in [-0.2, -0.15) is 5.26 Å². The molecule has 3 heteroatoms. The molecule has 1 aliphatic carbocycles. The van der Waals surface area contributed by atoms with E-state index in [0.717, 1.165) is 18.4 Å². The van der Waals surface area contributed by atoms with E-state index >= 15 is 0 Å². The molecule has 1 fully saturated rings. The number of nitrogens with one attached hydrogen (secondary N) is 1. The Labute approximate surface area is 125 Å². The third-order valence-corrected chi connectivity index (χ3v) is 4.42. The largest absolute Gasteiger partial charge is 0.307 e. The molecule has 1 saturated carbocycles. The van der Waals surface area contributed by atoms with Gasteiger partial charge in [0.05, 0.1) is 11.5 Å². The summed E-state index contributed by atoms with van der Waals surface area (Å²) in [4.78, 5) is 4.05. The number of nitrogens with zero attached hydrogens (tertiary/aromatic N) is 2. The lowest BCUT2D eigenvalue weighted by Crippen LogP contribution is -2.51. The minimum atomic E-state index is -0.309. The van der Waals surface area contributed by atoms with Crippen LogP contribution in [-0.4, -0.2) is 11.0 Å². The maximum atomic E-state index is 9.57. The van der Waals surface area contributed by atoms with Gasteiger partial charge in [-0.15, -0.1) is 0 Å². The first-order chi connectivity index (χ1) is 10.2. The van der Waals surface area contributed by atoms with Crippen LogP contribution in [0, 0.1) is 11.3 Å². The lowest BCUT2D eigenvalue weighted by Gasteiger charge is -2.44. The molecule has 1 aromatic carbocycles. The van der Waals surface area contributed by atoms with Crippen molar-refractivity contribution in [3.63, 3.8) is 0 Å². The molecule has 1 N–H and O–H groups in total. The first-order valence-electron chi connectivity index (χ1n) is 7.36. The molecule has 3 rings (SSSR count). The van der Waals surface area contributed by atoms with Crippen molar-refractivity contribution >= 4 is 0 Å². The molecular weight excluding hydrogens is 258 g/mol. The zero-order valence-corrected chi connectivity index (χ0v) is 12.2. The van der Waals surface area contributed by atoms with E-state index in [-0.39, 0.29) is 11.5 Å². The van der Waals surface area contributed by atoms with Crippen molar-refractivity contribution in [2.75, 3.05) is 0 Å². The summed E-state index contributed by atoms with van der Waals surface area (Å²) < 4.78 is 0. The maximum absolute atomic E-state index is 9.57. The van der Waals surface area contributed by atoms with Gasteiger partial charge in [0.25, 0.3) is 0 Å². The van der Waals surface area contributed by atoms with Crippen molar-refractivity contribution in [3.8, 4) is 6.07 Å². The molecule has 1 aromatic heterocycles. The van der Waals surface area contributed by atoms with Crippen molar-refractivity contribution in [1.29, 1.82) is 5.26 Å². The van der Waals surface area contributed by atoms with Crippen LogP contribution < -0.4 is 5.32 Å². The Bertz CT molecular complexity index is 625. The molecule has 0 aliphatic heterocycles. The summed E-state index contributed by atoms with van der Waals surface area (Å²) in [6.45, 7) is 2.16. The highest BCUT2D eigenvalue weighted by molar-refractivity contribution is 5.37. The second kappa shape index (κ2) is 5.67.